The minimum Gasteiger partial charge on any atom is -0.315 e. The predicted molar refractivity (Wildman–Crippen MR) is 63.6 cm³/mol. The van der Waals surface area contributed by atoms with E-state index < -0.39 is 12.1 Å². The lowest BCUT2D eigenvalue weighted by Crippen LogP contribution is -2.36. The molecule has 7 heteroatoms. The maximum Gasteiger partial charge on any atom is 0.391 e. The summed E-state index contributed by atoms with van der Waals surface area (Å²) in [7, 11) is 0. The zero-order chi connectivity index (χ0) is 13.2. The zero-order valence-corrected chi connectivity index (χ0v) is 10.5. The van der Waals surface area contributed by atoms with E-state index >= 15 is 0 Å². The minimum atomic E-state index is -4.05. The normalized spacial score (nSPS) is 25.3. The Morgan fingerprint density at radius 3 is 2.50 bits per heavy atom. The number of aromatic amines is 1. The molecule has 1 aliphatic rings. The number of aromatic nitrogens is 1. The summed E-state index contributed by atoms with van der Waals surface area (Å²) in [6, 6.07) is 0.118. The number of hydrogen-bond donors (Lipinski definition) is 2. The van der Waals surface area contributed by atoms with Gasteiger partial charge in [0.25, 0.3) is 0 Å². The molecular weight excluding hydrogens is 265 g/mol. The van der Waals surface area contributed by atoms with Gasteiger partial charge in [0.05, 0.1) is 5.92 Å². The number of halogens is 3. The van der Waals surface area contributed by atoms with Crippen molar-refractivity contribution >= 4 is 11.3 Å². The number of hydrogen-bond acceptors (Lipinski definition) is 3. The molecule has 0 amide bonds. The van der Waals surface area contributed by atoms with Crippen LogP contribution >= 0.6 is 11.3 Å². The Kier molecular flexibility index (Phi) is 4.11. The molecule has 0 spiro atoms. The molecule has 0 bridgehead atoms. The van der Waals surface area contributed by atoms with Crippen molar-refractivity contribution in [2.45, 2.75) is 44.4 Å². The SMILES string of the molecule is O=c1[nH]c(CNC2CCC(C(F)(F)F)CC2)cs1. The van der Waals surface area contributed by atoms with Gasteiger partial charge in [0.15, 0.2) is 0 Å². The summed E-state index contributed by atoms with van der Waals surface area (Å²) in [6.45, 7) is 0.514. The van der Waals surface area contributed by atoms with Crippen LogP contribution in [0.1, 0.15) is 31.4 Å². The molecule has 2 rings (SSSR count). The first-order chi connectivity index (χ1) is 8.45. The molecule has 0 atom stereocenters. The summed E-state index contributed by atoms with van der Waals surface area (Å²) < 4.78 is 37.4. The molecule has 1 saturated carbocycles. The van der Waals surface area contributed by atoms with Crippen LogP contribution in [-0.4, -0.2) is 17.2 Å². The molecule has 3 nitrogen and oxygen atoms in total. The molecule has 0 radical (unpaired) electrons. The molecule has 0 saturated heterocycles. The lowest BCUT2D eigenvalue weighted by Gasteiger charge is -2.30. The molecule has 1 aromatic heterocycles. The van der Waals surface area contributed by atoms with Crippen molar-refractivity contribution in [1.82, 2.24) is 10.3 Å². The second-order valence-electron chi connectivity index (χ2n) is 4.64. The van der Waals surface area contributed by atoms with Crippen LogP contribution in [0.25, 0.3) is 0 Å². The summed E-state index contributed by atoms with van der Waals surface area (Å²) >= 11 is 1.09. The first-order valence-electron chi connectivity index (χ1n) is 5.92. The summed E-state index contributed by atoms with van der Waals surface area (Å²) in [4.78, 5) is 13.5. The van der Waals surface area contributed by atoms with Crippen LogP contribution < -0.4 is 10.2 Å². The lowest BCUT2D eigenvalue weighted by molar-refractivity contribution is -0.182. The quantitative estimate of drug-likeness (QED) is 0.894. The predicted octanol–water partition coefficient (Wildman–Crippen LogP) is 2.65. The Morgan fingerprint density at radius 1 is 1.33 bits per heavy atom. The van der Waals surface area contributed by atoms with Crippen LogP contribution in [0.5, 0.6) is 0 Å². The van der Waals surface area contributed by atoms with E-state index in [-0.39, 0.29) is 23.8 Å². The summed E-state index contributed by atoms with van der Waals surface area (Å²) in [5, 5.41) is 4.93. The van der Waals surface area contributed by atoms with E-state index in [1.54, 1.807) is 5.38 Å². The van der Waals surface area contributed by atoms with Gasteiger partial charge in [-0.05, 0) is 25.7 Å². The van der Waals surface area contributed by atoms with Crippen molar-refractivity contribution in [1.29, 1.82) is 0 Å². The number of thiazole rings is 1. The van der Waals surface area contributed by atoms with Crippen LogP contribution in [0, 0.1) is 5.92 Å². The molecule has 0 unspecified atom stereocenters. The topological polar surface area (TPSA) is 44.9 Å². The average molecular weight is 280 g/mol. The van der Waals surface area contributed by atoms with Gasteiger partial charge in [0.2, 0.25) is 0 Å². The van der Waals surface area contributed by atoms with Crippen molar-refractivity contribution in [3.63, 3.8) is 0 Å². The van der Waals surface area contributed by atoms with Crippen molar-refractivity contribution in [3.8, 4) is 0 Å². The third kappa shape index (κ3) is 3.58. The van der Waals surface area contributed by atoms with Crippen molar-refractivity contribution in [3.05, 3.63) is 20.7 Å². The Morgan fingerprint density at radius 2 is 2.00 bits per heavy atom. The Labute approximate surface area is 106 Å². The van der Waals surface area contributed by atoms with Crippen molar-refractivity contribution in [2.24, 2.45) is 5.92 Å². The van der Waals surface area contributed by atoms with E-state index in [1.807, 2.05) is 0 Å². The highest BCUT2D eigenvalue weighted by atomic mass is 32.1. The van der Waals surface area contributed by atoms with E-state index in [0.29, 0.717) is 19.4 Å². The van der Waals surface area contributed by atoms with Gasteiger partial charge in [-0.2, -0.15) is 13.2 Å². The van der Waals surface area contributed by atoms with Gasteiger partial charge in [0.1, 0.15) is 0 Å². The number of nitrogens with one attached hydrogen (secondary N) is 2. The number of alkyl halides is 3. The Bertz CT molecular complexity index is 432. The van der Waals surface area contributed by atoms with Crippen LogP contribution in [0.15, 0.2) is 10.2 Å². The maximum absolute atomic E-state index is 12.5. The van der Waals surface area contributed by atoms with E-state index in [4.69, 9.17) is 0 Å². The fourth-order valence-corrected chi connectivity index (χ4v) is 2.86. The fraction of sp³-hybridized carbons (Fsp3) is 0.727. The van der Waals surface area contributed by atoms with Crippen LogP contribution in [0.3, 0.4) is 0 Å². The second-order valence-corrected chi connectivity index (χ2v) is 5.49. The van der Waals surface area contributed by atoms with E-state index in [9.17, 15) is 18.0 Å². The summed E-state index contributed by atoms with van der Waals surface area (Å²) in [5.41, 5.74) is 0.794. The molecule has 18 heavy (non-hydrogen) atoms. The van der Waals surface area contributed by atoms with Gasteiger partial charge in [-0.1, -0.05) is 11.3 Å². The van der Waals surface area contributed by atoms with Gasteiger partial charge in [0, 0.05) is 23.7 Å². The number of H-pyrrole nitrogens is 1. The van der Waals surface area contributed by atoms with Crippen LogP contribution in [0.4, 0.5) is 13.2 Å². The van der Waals surface area contributed by atoms with E-state index in [0.717, 1.165) is 17.0 Å². The van der Waals surface area contributed by atoms with Crippen molar-refractivity contribution < 1.29 is 13.2 Å². The van der Waals surface area contributed by atoms with Crippen molar-refractivity contribution in [2.75, 3.05) is 0 Å². The lowest BCUT2D eigenvalue weighted by atomic mass is 9.85. The molecule has 1 aromatic rings. The largest absolute Gasteiger partial charge is 0.391 e. The molecule has 1 heterocycles. The summed E-state index contributed by atoms with van der Waals surface area (Å²) in [5.74, 6) is -1.14. The Balaban J connectivity index is 1.75. The van der Waals surface area contributed by atoms with Gasteiger partial charge in [-0.3, -0.25) is 4.79 Å². The zero-order valence-electron chi connectivity index (χ0n) is 9.72. The van der Waals surface area contributed by atoms with E-state index in [2.05, 4.69) is 10.3 Å². The molecular formula is C11H15F3N2OS. The monoisotopic (exact) mass is 280 g/mol. The smallest absolute Gasteiger partial charge is 0.315 e. The first-order valence-corrected chi connectivity index (χ1v) is 6.80. The highest BCUT2D eigenvalue weighted by Gasteiger charge is 2.41. The van der Waals surface area contributed by atoms with Gasteiger partial charge >= 0.3 is 11.0 Å². The van der Waals surface area contributed by atoms with Crippen LogP contribution in [0.2, 0.25) is 0 Å². The fourth-order valence-electron chi connectivity index (χ4n) is 2.28. The minimum absolute atomic E-state index is 0.104. The molecule has 1 aliphatic carbocycles. The highest BCUT2D eigenvalue weighted by molar-refractivity contribution is 7.07. The first kappa shape index (κ1) is 13.6. The third-order valence-corrected chi connectivity index (χ3v) is 4.06. The molecule has 1 fully saturated rings. The highest BCUT2D eigenvalue weighted by Crippen LogP contribution is 2.37. The van der Waals surface area contributed by atoms with Crippen LogP contribution in [-0.2, 0) is 6.54 Å². The van der Waals surface area contributed by atoms with Gasteiger partial charge < -0.3 is 10.3 Å². The summed E-state index contributed by atoms with van der Waals surface area (Å²) in [6.07, 6.45) is -2.58. The third-order valence-electron chi connectivity index (χ3n) is 3.34. The maximum atomic E-state index is 12.5. The molecule has 0 aliphatic heterocycles. The Hall–Kier alpha value is -0.820. The molecule has 2 N–H and O–H groups in total. The molecule has 102 valence electrons. The van der Waals surface area contributed by atoms with E-state index in [1.165, 1.54) is 0 Å². The standard InChI is InChI=1S/C11H15F3N2OS/c12-11(13,14)7-1-3-8(4-2-7)15-5-9-6-18-10(17)16-9/h6-8,15H,1-5H2,(H,16,17). The molecule has 0 aromatic carbocycles. The van der Waals surface area contributed by atoms with Gasteiger partial charge in [-0.25, -0.2) is 0 Å². The van der Waals surface area contributed by atoms with Gasteiger partial charge in [-0.15, -0.1) is 0 Å². The second kappa shape index (κ2) is 5.44. The average Bonchev–Trinajstić information content (AvgIpc) is 2.72. The number of rotatable bonds is 3.